The molecule has 0 aliphatic carbocycles. The number of carbonyl (C=O) groups is 1. The van der Waals surface area contributed by atoms with Crippen molar-refractivity contribution < 1.29 is 13.9 Å². The van der Waals surface area contributed by atoms with E-state index < -0.39 is 11.4 Å². The molecule has 0 spiro atoms. The van der Waals surface area contributed by atoms with Gasteiger partial charge in [-0.05, 0) is 56.7 Å². The molecule has 0 bridgehead atoms. The zero-order valence-corrected chi connectivity index (χ0v) is 20.4. The molecule has 0 aliphatic rings. The van der Waals surface area contributed by atoms with Gasteiger partial charge < -0.3 is 10.1 Å². The number of hydrogen-bond donors (Lipinski definition) is 1. The van der Waals surface area contributed by atoms with E-state index in [1.807, 2.05) is 24.3 Å². The zero-order valence-electron chi connectivity index (χ0n) is 18.0. The molecule has 1 heterocycles. The fourth-order valence-corrected chi connectivity index (χ4v) is 4.47. The second-order valence-electron chi connectivity index (χ2n) is 7.61. The van der Waals surface area contributed by atoms with Crippen molar-refractivity contribution in [1.29, 1.82) is 0 Å². The largest absolute Gasteiger partial charge is 0.478 e. The van der Waals surface area contributed by atoms with Crippen LogP contribution in [0.4, 0.5) is 10.1 Å². The summed E-state index contributed by atoms with van der Waals surface area (Å²) in [6, 6.07) is 13.7. The molecule has 168 valence electrons. The van der Waals surface area contributed by atoms with Crippen LogP contribution in [0.2, 0.25) is 10.0 Å². The summed E-state index contributed by atoms with van der Waals surface area (Å²) in [7, 11) is 0. The van der Waals surface area contributed by atoms with E-state index in [9.17, 15) is 9.18 Å². The number of carbonyl (C=O) groups excluding carboxylic acids is 1. The van der Waals surface area contributed by atoms with Crippen LogP contribution < -0.4 is 10.1 Å². The lowest BCUT2D eigenvalue weighted by atomic mass is 10.0. The van der Waals surface area contributed by atoms with Gasteiger partial charge in [-0.15, -0.1) is 0 Å². The first kappa shape index (κ1) is 24.4. The first-order valence-corrected chi connectivity index (χ1v) is 11.9. The molecule has 0 saturated carbocycles. The van der Waals surface area contributed by atoms with Crippen molar-refractivity contribution in [1.82, 2.24) is 4.98 Å². The summed E-state index contributed by atoms with van der Waals surface area (Å²) in [5.74, 6) is 0.234. The van der Waals surface area contributed by atoms with E-state index in [0.29, 0.717) is 21.4 Å². The van der Waals surface area contributed by atoms with Crippen molar-refractivity contribution in [3.63, 3.8) is 0 Å². The van der Waals surface area contributed by atoms with Gasteiger partial charge in [-0.2, -0.15) is 0 Å². The third kappa shape index (κ3) is 6.37. The fourth-order valence-electron chi connectivity index (χ4n) is 3.13. The number of pyridine rings is 1. The molecule has 0 fully saturated rings. The van der Waals surface area contributed by atoms with Crippen LogP contribution in [-0.4, -0.2) is 16.6 Å². The summed E-state index contributed by atoms with van der Waals surface area (Å²) >= 11 is 13.4. The summed E-state index contributed by atoms with van der Waals surface area (Å²) in [6.45, 7) is 5.58. The minimum Gasteiger partial charge on any atom is -0.478 e. The molecule has 3 aromatic rings. The third-order valence-electron chi connectivity index (χ3n) is 4.60. The van der Waals surface area contributed by atoms with Gasteiger partial charge in [0.15, 0.2) is 16.5 Å². The minimum atomic E-state index is -1.00. The van der Waals surface area contributed by atoms with Gasteiger partial charge in [-0.1, -0.05) is 35.3 Å². The van der Waals surface area contributed by atoms with Gasteiger partial charge in [0.2, 0.25) is 5.91 Å². The molecule has 4 nitrogen and oxygen atoms in total. The number of benzene rings is 2. The van der Waals surface area contributed by atoms with Crippen molar-refractivity contribution in [3.8, 4) is 5.75 Å². The average Bonchev–Trinajstić information content (AvgIpc) is 2.71. The van der Waals surface area contributed by atoms with Crippen molar-refractivity contribution in [2.45, 2.75) is 37.7 Å². The number of rotatable bonds is 8. The molecule has 1 N–H and O–H groups in total. The molecule has 0 atom stereocenters. The Hall–Kier alpha value is -2.28. The van der Waals surface area contributed by atoms with Crippen molar-refractivity contribution >= 4 is 46.6 Å². The maximum Gasteiger partial charge on any atom is 0.228 e. The maximum atomic E-state index is 14.7. The lowest BCUT2D eigenvalue weighted by molar-refractivity contribution is -0.115. The number of thiol groups is 1. The van der Waals surface area contributed by atoms with Crippen LogP contribution >= 0.6 is 23.2 Å². The normalized spacial score (nSPS) is 11.3. The van der Waals surface area contributed by atoms with E-state index >= 15 is 0 Å². The van der Waals surface area contributed by atoms with Gasteiger partial charge in [-0.3, -0.25) is 9.78 Å². The summed E-state index contributed by atoms with van der Waals surface area (Å²) in [5.41, 5.74) is 0.676. The van der Waals surface area contributed by atoms with Crippen LogP contribution in [0.5, 0.6) is 5.75 Å². The van der Waals surface area contributed by atoms with Gasteiger partial charge in [-0.25, -0.2) is 4.39 Å². The highest BCUT2D eigenvalue weighted by Gasteiger charge is 2.28. The maximum absolute atomic E-state index is 14.7. The number of hydrogen-bond acceptors (Lipinski definition) is 3. The first-order chi connectivity index (χ1) is 15.2. The molecule has 0 saturated heterocycles. The average molecular weight is 494 g/mol. The number of halogens is 3. The molecule has 8 heteroatoms. The van der Waals surface area contributed by atoms with Crippen LogP contribution in [0.3, 0.4) is 0 Å². The Morgan fingerprint density at radius 2 is 1.88 bits per heavy atom. The molecule has 0 aliphatic heterocycles. The van der Waals surface area contributed by atoms with Crippen molar-refractivity contribution in [2.75, 3.05) is 11.1 Å². The van der Waals surface area contributed by atoms with Crippen molar-refractivity contribution in [2.24, 2.45) is 0 Å². The van der Waals surface area contributed by atoms with Crippen LogP contribution in [0.1, 0.15) is 32.0 Å². The number of ether oxygens (including phenoxy) is 1. The second kappa shape index (κ2) is 10.6. The van der Waals surface area contributed by atoms with Crippen LogP contribution in [0, 0.1) is 5.82 Å². The first-order valence-electron chi connectivity index (χ1n) is 10.0. The second-order valence-corrected chi connectivity index (χ2v) is 9.92. The highest BCUT2D eigenvalue weighted by Crippen LogP contribution is 2.34. The molecular formula is C24H24Cl2FN2O2S+. The quantitative estimate of drug-likeness (QED) is 0.299. The molecule has 32 heavy (non-hydrogen) atoms. The van der Waals surface area contributed by atoms with Crippen LogP contribution in [-0.2, 0) is 28.6 Å². The van der Waals surface area contributed by atoms with E-state index in [2.05, 4.69) is 17.2 Å². The molecule has 1 aromatic heterocycles. The number of amides is 1. The molecule has 0 radical (unpaired) electrons. The number of aromatic nitrogens is 1. The predicted octanol–water partition coefficient (Wildman–Crippen LogP) is 6.22. The number of nitrogens with one attached hydrogen (secondary N) is 1. The minimum absolute atomic E-state index is 0.0199. The van der Waals surface area contributed by atoms with Crippen molar-refractivity contribution in [3.05, 3.63) is 81.8 Å². The van der Waals surface area contributed by atoms with E-state index in [1.165, 1.54) is 35.0 Å². The molecule has 1 amide bonds. The van der Waals surface area contributed by atoms with Crippen LogP contribution in [0.15, 0.2) is 59.6 Å². The molecule has 0 unspecified atom stereocenters. The Labute approximate surface area is 201 Å². The Morgan fingerprint density at radius 3 is 2.50 bits per heavy atom. The summed E-state index contributed by atoms with van der Waals surface area (Å²) < 4.78 is 20.6. The summed E-state index contributed by atoms with van der Waals surface area (Å²) in [5, 5.41) is 3.45. The highest BCUT2D eigenvalue weighted by atomic mass is 35.5. The van der Waals surface area contributed by atoms with Crippen LogP contribution in [0.25, 0.3) is 0 Å². The SMILES string of the molecule is CC[SH+]c1ccc(CC(=O)Nc2ccc(OC(C)(C)c3ncc(Cl)cc3Cl)c(F)c2)cc1. The summed E-state index contributed by atoms with van der Waals surface area (Å²) in [6.07, 6.45) is 1.66. The lowest BCUT2D eigenvalue weighted by Crippen LogP contribution is -2.27. The topological polar surface area (TPSA) is 51.2 Å². The van der Waals surface area contributed by atoms with Gasteiger partial charge >= 0.3 is 0 Å². The third-order valence-corrected chi connectivity index (χ3v) is 6.07. The van der Waals surface area contributed by atoms with E-state index in [0.717, 1.165) is 11.3 Å². The van der Waals surface area contributed by atoms with Gasteiger partial charge in [0, 0.05) is 29.7 Å². The zero-order chi connectivity index (χ0) is 23.3. The predicted molar refractivity (Wildman–Crippen MR) is 131 cm³/mol. The van der Waals surface area contributed by atoms with Gasteiger partial charge in [0.1, 0.15) is 17.0 Å². The summed E-state index contributed by atoms with van der Waals surface area (Å²) in [4.78, 5) is 17.8. The lowest BCUT2D eigenvalue weighted by Gasteiger charge is -2.27. The van der Waals surface area contributed by atoms with E-state index in [4.69, 9.17) is 27.9 Å². The fraction of sp³-hybridized carbons (Fsp3) is 0.250. The number of anilines is 1. The highest BCUT2D eigenvalue weighted by molar-refractivity contribution is 7.78. The Kier molecular flexibility index (Phi) is 8.04. The Morgan fingerprint density at radius 1 is 1.16 bits per heavy atom. The van der Waals surface area contributed by atoms with E-state index in [1.54, 1.807) is 26.0 Å². The van der Waals surface area contributed by atoms with Gasteiger partial charge in [0.05, 0.1) is 16.5 Å². The smallest absolute Gasteiger partial charge is 0.228 e. The Bertz CT molecular complexity index is 1110. The molecular weight excluding hydrogens is 470 g/mol. The molecule has 3 rings (SSSR count). The van der Waals surface area contributed by atoms with E-state index in [-0.39, 0.29) is 18.1 Å². The monoisotopic (exact) mass is 493 g/mol. The molecule has 2 aromatic carbocycles. The van der Waals surface area contributed by atoms with Gasteiger partial charge in [0.25, 0.3) is 0 Å². The number of nitrogens with zero attached hydrogens (tertiary/aromatic N) is 1. The standard InChI is InChI=1S/C24H23Cl2FN2O2S/c1-4-32-18-8-5-15(6-9-18)11-22(30)29-17-7-10-21(20(27)13-17)31-24(2,3)23-19(26)12-16(25)14-28-23/h5-10,12-14H,4,11H2,1-3H3,(H,29,30)/p+1. The Balaban J connectivity index is 1.66.